The van der Waals surface area contributed by atoms with Gasteiger partial charge in [-0.2, -0.15) is 0 Å². The fraction of sp³-hybridized carbons (Fsp3) is 0.524. The van der Waals surface area contributed by atoms with Gasteiger partial charge in [0.15, 0.2) is 0 Å². The fourth-order valence-electron chi connectivity index (χ4n) is 3.70. The fourth-order valence-corrected chi connectivity index (χ4v) is 3.70. The number of pyridine rings is 1. The third kappa shape index (κ3) is 6.44. The van der Waals surface area contributed by atoms with E-state index in [1.165, 1.54) is 24.3 Å². The number of rotatable bonds is 10. The number of halogens is 2. The number of fused-ring (bicyclic) bond motifs is 1. The summed E-state index contributed by atoms with van der Waals surface area (Å²) in [4.78, 5) is 23.3. The highest BCUT2D eigenvalue weighted by Gasteiger charge is 2.34. The van der Waals surface area contributed by atoms with Crippen LogP contribution >= 0.6 is 0 Å². The molecule has 0 saturated carbocycles. The van der Waals surface area contributed by atoms with E-state index in [0.717, 1.165) is 30.9 Å². The van der Waals surface area contributed by atoms with Crippen LogP contribution in [0.1, 0.15) is 61.3 Å². The largest absolute Gasteiger partial charge is 0.481 e. The Kier molecular flexibility index (Phi) is 7.06. The SMILES string of the molecule is O=C(O)C[C@@H](CC(F)(F)CCCCc1ccc2c(n1)NCCC2)c1cncnc1. The molecule has 0 amide bonds. The summed E-state index contributed by atoms with van der Waals surface area (Å²) in [6.07, 6.45) is 6.68. The van der Waals surface area contributed by atoms with Gasteiger partial charge >= 0.3 is 5.97 Å². The van der Waals surface area contributed by atoms with Gasteiger partial charge in [0.05, 0.1) is 6.42 Å². The Bertz CT molecular complexity index is 818. The number of nitrogens with one attached hydrogen (secondary N) is 1. The molecule has 2 aromatic rings. The van der Waals surface area contributed by atoms with E-state index < -0.39 is 24.2 Å². The molecule has 0 aromatic carbocycles. The Labute approximate surface area is 168 Å². The second-order valence-electron chi connectivity index (χ2n) is 7.57. The van der Waals surface area contributed by atoms with Crippen molar-refractivity contribution in [3.8, 4) is 0 Å². The summed E-state index contributed by atoms with van der Waals surface area (Å²) in [5.41, 5.74) is 2.55. The van der Waals surface area contributed by atoms with Gasteiger partial charge in [-0.3, -0.25) is 4.79 Å². The van der Waals surface area contributed by atoms with E-state index in [1.54, 1.807) is 0 Å². The smallest absolute Gasteiger partial charge is 0.303 e. The molecule has 1 aliphatic heterocycles. The van der Waals surface area contributed by atoms with Gasteiger partial charge in [-0.15, -0.1) is 0 Å². The van der Waals surface area contributed by atoms with E-state index >= 15 is 0 Å². The zero-order chi connectivity index (χ0) is 20.7. The second kappa shape index (κ2) is 9.71. The number of hydrogen-bond acceptors (Lipinski definition) is 5. The lowest BCUT2D eigenvalue weighted by Crippen LogP contribution is -2.22. The summed E-state index contributed by atoms with van der Waals surface area (Å²) in [6.45, 7) is 0.916. The molecule has 6 nitrogen and oxygen atoms in total. The quantitative estimate of drug-likeness (QED) is 0.576. The number of carboxylic acid groups (broad SMARTS) is 1. The number of alkyl halides is 2. The van der Waals surface area contributed by atoms with Crippen molar-refractivity contribution >= 4 is 11.8 Å². The first-order valence-electron chi connectivity index (χ1n) is 10.0. The first-order valence-corrected chi connectivity index (χ1v) is 10.0. The highest BCUT2D eigenvalue weighted by atomic mass is 19.3. The Hall–Kier alpha value is -2.64. The van der Waals surface area contributed by atoms with Crippen LogP contribution in [-0.2, 0) is 17.6 Å². The molecular formula is C21H26F2N4O2. The number of aliphatic carboxylic acids is 1. The van der Waals surface area contributed by atoms with Crippen molar-refractivity contribution in [3.05, 3.63) is 47.7 Å². The maximum absolute atomic E-state index is 14.5. The number of carboxylic acids is 1. The molecule has 29 heavy (non-hydrogen) atoms. The standard InChI is InChI=1S/C21H26F2N4O2/c22-21(23,11-16(10-19(28)29)17-12-24-14-25-13-17)8-2-1-5-18-7-6-15-4-3-9-26-20(15)27-18/h6-7,12-14,16H,1-5,8-11H2,(H,26,27)(H,28,29)/t16-/m0/s1. The normalized spacial score (nSPS) is 14.7. The molecule has 8 heteroatoms. The van der Waals surface area contributed by atoms with Gasteiger partial charge in [0, 0.05) is 43.4 Å². The maximum Gasteiger partial charge on any atom is 0.303 e. The monoisotopic (exact) mass is 404 g/mol. The van der Waals surface area contributed by atoms with Gasteiger partial charge in [-0.05, 0) is 49.3 Å². The Balaban J connectivity index is 1.50. The maximum atomic E-state index is 14.5. The van der Waals surface area contributed by atoms with Crippen molar-refractivity contribution < 1.29 is 18.7 Å². The lowest BCUT2D eigenvalue weighted by Gasteiger charge is -2.22. The third-order valence-corrected chi connectivity index (χ3v) is 5.20. The van der Waals surface area contributed by atoms with Crippen LogP contribution in [0.5, 0.6) is 0 Å². The number of unbranched alkanes of at least 4 members (excludes halogenated alkanes) is 1. The Morgan fingerprint density at radius 1 is 1.24 bits per heavy atom. The number of aromatic nitrogens is 3. The minimum absolute atomic E-state index is 0.278. The van der Waals surface area contributed by atoms with Gasteiger partial charge < -0.3 is 10.4 Å². The zero-order valence-electron chi connectivity index (χ0n) is 16.3. The molecule has 0 saturated heterocycles. The lowest BCUT2D eigenvalue weighted by atomic mass is 9.89. The summed E-state index contributed by atoms with van der Waals surface area (Å²) < 4.78 is 29.0. The van der Waals surface area contributed by atoms with E-state index in [-0.39, 0.29) is 12.8 Å². The van der Waals surface area contributed by atoms with Crippen LogP contribution in [0.2, 0.25) is 0 Å². The highest BCUT2D eigenvalue weighted by molar-refractivity contribution is 5.68. The van der Waals surface area contributed by atoms with Crippen molar-refractivity contribution in [3.63, 3.8) is 0 Å². The van der Waals surface area contributed by atoms with Crippen LogP contribution in [0.25, 0.3) is 0 Å². The molecule has 0 fully saturated rings. The van der Waals surface area contributed by atoms with Crippen molar-refractivity contribution in [2.75, 3.05) is 11.9 Å². The summed E-state index contributed by atoms with van der Waals surface area (Å²) in [5, 5.41) is 12.3. The predicted octanol–water partition coefficient (Wildman–Crippen LogP) is 4.23. The van der Waals surface area contributed by atoms with E-state index in [0.29, 0.717) is 24.8 Å². The van der Waals surface area contributed by atoms with Crippen LogP contribution < -0.4 is 5.32 Å². The van der Waals surface area contributed by atoms with Crippen LogP contribution in [0.15, 0.2) is 30.9 Å². The van der Waals surface area contributed by atoms with Crippen LogP contribution in [0.4, 0.5) is 14.6 Å². The average molecular weight is 404 g/mol. The van der Waals surface area contributed by atoms with Gasteiger partial charge in [-0.1, -0.05) is 6.07 Å². The number of nitrogens with zero attached hydrogens (tertiary/aromatic N) is 3. The Morgan fingerprint density at radius 2 is 2.03 bits per heavy atom. The van der Waals surface area contributed by atoms with E-state index in [2.05, 4.69) is 26.3 Å². The van der Waals surface area contributed by atoms with Crippen molar-refractivity contribution in [1.82, 2.24) is 15.0 Å². The average Bonchev–Trinajstić information content (AvgIpc) is 2.71. The third-order valence-electron chi connectivity index (χ3n) is 5.20. The highest BCUT2D eigenvalue weighted by Crippen LogP contribution is 2.35. The summed E-state index contributed by atoms with van der Waals surface area (Å²) in [6, 6.07) is 4.04. The van der Waals surface area contributed by atoms with Gasteiger partial charge in [0.25, 0.3) is 0 Å². The molecule has 3 rings (SSSR count). The number of aryl methyl sites for hydroxylation is 2. The van der Waals surface area contributed by atoms with Crippen LogP contribution in [-0.4, -0.2) is 38.5 Å². The van der Waals surface area contributed by atoms with Gasteiger partial charge in [0.1, 0.15) is 12.1 Å². The van der Waals surface area contributed by atoms with Crippen LogP contribution in [0.3, 0.4) is 0 Å². The molecule has 0 radical (unpaired) electrons. The molecule has 0 bridgehead atoms. The topological polar surface area (TPSA) is 88.0 Å². The van der Waals surface area contributed by atoms with Crippen molar-refractivity contribution in [1.29, 1.82) is 0 Å². The predicted molar refractivity (Wildman–Crippen MR) is 105 cm³/mol. The molecule has 2 N–H and O–H groups in total. The van der Waals surface area contributed by atoms with Crippen LogP contribution in [0, 0.1) is 0 Å². The van der Waals surface area contributed by atoms with E-state index in [4.69, 9.17) is 5.11 Å². The number of carbonyl (C=O) groups is 1. The van der Waals surface area contributed by atoms with Crippen molar-refractivity contribution in [2.45, 2.75) is 63.2 Å². The van der Waals surface area contributed by atoms with Gasteiger partial charge in [-0.25, -0.2) is 23.7 Å². The number of hydrogen-bond donors (Lipinski definition) is 2. The minimum Gasteiger partial charge on any atom is -0.481 e. The molecule has 1 aliphatic rings. The summed E-state index contributed by atoms with van der Waals surface area (Å²) >= 11 is 0. The zero-order valence-corrected chi connectivity index (χ0v) is 16.3. The van der Waals surface area contributed by atoms with Gasteiger partial charge in [0.2, 0.25) is 5.92 Å². The van der Waals surface area contributed by atoms with Crippen molar-refractivity contribution in [2.24, 2.45) is 0 Å². The Morgan fingerprint density at radius 3 is 2.79 bits per heavy atom. The molecule has 0 spiro atoms. The molecule has 3 heterocycles. The minimum atomic E-state index is -2.94. The molecule has 0 aliphatic carbocycles. The first-order chi connectivity index (χ1) is 13.9. The summed E-state index contributed by atoms with van der Waals surface area (Å²) in [5.74, 6) is -3.94. The molecule has 1 atom stereocenters. The first kappa shape index (κ1) is 21.1. The second-order valence-corrected chi connectivity index (χ2v) is 7.57. The van der Waals surface area contributed by atoms with E-state index in [1.807, 2.05) is 6.07 Å². The lowest BCUT2D eigenvalue weighted by molar-refractivity contribution is -0.138. The molecule has 0 unspecified atom stereocenters. The molecule has 156 valence electrons. The number of anilines is 1. The summed E-state index contributed by atoms with van der Waals surface area (Å²) in [7, 11) is 0. The van der Waals surface area contributed by atoms with E-state index in [9.17, 15) is 13.6 Å². The molecule has 2 aromatic heterocycles. The molecular weight excluding hydrogens is 378 g/mol.